The van der Waals surface area contributed by atoms with Crippen LogP contribution in [0.25, 0.3) is 0 Å². The zero-order valence-corrected chi connectivity index (χ0v) is 14.9. The van der Waals surface area contributed by atoms with E-state index >= 15 is 0 Å². The van der Waals surface area contributed by atoms with Gasteiger partial charge in [0.25, 0.3) is 0 Å². The van der Waals surface area contributed by atoms with Crippen LogP contribution in [0.15, 0.2) is 73.1 Å². The molecule has 0 radical (unpaired) electrons. The van der Waals surface area contributed by atoms with E-state index in [1.807, 2.05) is 65.6 Å². The molecule has 1 aliphatic heterocycles. The number of fused-ring (bicyclic) bond motifs is 1. The molecule has 3 aromatic rings. The van der Waals surface area contributed by atoms with Crippen LogP contribution in [0.4, 0.5) is 0 Å². The number of ether oxygens (including phenoxy) is 2. The monoisotopic (exact) mass is 360 g/mol. The summed E-state index contributed by atoms with van der Waals surface area (Å²) in [6, 6.07) is 19.5. The highest BCUT2D eigenvalue weighted by Crippen LogP contribution is 2.32. The highest BCUT2D eigenvalue weighted by atomic mass is 16.7. The third-order valence-corrected chi connectivity index (χ3v) is 4.46. The van der Waals surface area contributed by atoms with Crippen LogP contribution in [-0.2, 0) is 24.3 Å². The van der Waals surface area contributed by atoms with Crippen LogP contribution in [-0.4, -0.2) is 22.6 Å². The van der Waals surface area contributed by atoms with Crippen molar-refractivity contribution in [2.24, 2.45) is 0 Å². The summed E-state index contributed by atoms with van der Waals surface area (Å²) in [6.07, 6.45) is 3.84. The summed E-state index contributed by atoms with van der Waals surface area (Å²) in [4.78, 5) is 19.1. The first-order chi connectivity index (χ1) is 13.3. The predicted octanol–water partition coefficient (Wildman–Crippen LogP) is 3.58. The van der Waals surface area contributed by atoms with Crippen LogP contribution in [0.2, 0.25) is 0 Å². The van der Waals surface area contributed by atoms with Crippen LogP contribution in [0.5, 0.6) is 11.5 Å². The number of hydrogen-bond acceptors (Lipinski definition) is 4. The molecule has 0 N–H and O–H groups in total. The smallest absolute Gasteiger partial charge is 0.231 e. The molecular weight excluding hydrogens is 340 g/mol. The summed E-state index contributed by atoms with van der Waals surface area (Å²) < 4.78 is 10.8. The topological polar surface area (TPSA) is 51.7 Å². The molecule has 2 aromatic carbocycles. The van der Waals surface area contributed by atoms with Crippen molar-refractivity contribution in [3.05, 3.63) is 89.7 Å². The second-order valence-corrected chi connectivity index (χ2v) is 6.46. The van der Waals surface area contributed by atoms with E-state index in [-0.39, 0.29) is 12.7 Å². The standard InChI is InChI=1S/C22H20N2O3/c25-22(12-18-8-9-20-21(11-18)27-16-26-20)24(14-17-5-2-1-3-6-17)15-19-7-4-10-23-13-19/h1-11,13H,12,14-16H2. The summed E-state index contributed by atoms with van der Waals surface area (Å²) in [5.41, 5.74) is 3.02. The molecule has 0 saturated carbocycles. The largest absolute Gasteiger partial charge is 0.454 e. The predicted molar refractivity (Wildman–Crippen MR) is 101 cm³/mol. The molecule has 0 bridgehead atoms. The Kier molecular flexibility index (Phi) is 5.01. The zero-order valence-electron chi connectivity index (χ0n) is 14.9. The minimum atomic E-state index is 0.0570. The van der Waals surface area contributed by atoms with E-state index in [1.165, 1.54) is 0 Å². The Morgan fingerprint density at radius 2 is 1.67 bits per heavy atom. The summed E-state index contributed by atoms with van der Waals surface area (Å²) in [5.74, 6) is 1.48. The molecule has 27 heavy (non-hydrogen) atoms. The van der Waals surface area contributed by atoms with Gasteiger partial charge in [-0.05, 0) is 34.9 Å². The third kappa shape index (κ3) is 4.26. The minimum absolute atomic E-state index is 0.0570. The van der Waals surface area contributed by atoms with E-state index in [9.17, 15) is 4.79 Å². The molecule has 0 saturated heterocycles. The summed E-state index contributed by atoms with van der Waals surface area (Å²) in [6.45, 7) is 1.30. The molecule has 4 rings (SSSR count). The van der Waals surface area contributed by atoms with Gasteiger partial charge in [-0.15, -0.1) is 0 Å². The number of hydrogen-bond donors (Lipinski definition) is 0. The lowest BCUT2D eigenvalue weighted by molar-refractivity contribution is -0.131. The minimum Gasteiger partial charge on any atom is -0.454 e. The van der Waals surface area contributed by atoms with E-state index in [2.05, 4.69) is 4.98 Å². The third-order valence-electron chi connectivity index (χ3n) is 4.46. The fraction of sp³-hybridized carbons (Fsp3) is 0.182. The van der Waals surface area contributed by atoms with Crippen molar-refractivity contribution < 1.29 is 14.3 Å². The summed E-state index contributed by atoms with van der Waals surface area (Å²) in [5, 5.41) is 0. The van der Waals surface area contributed by atoms with Crippen molar-refractivity contribution in [1.29, 1.82) is 0 Å². The molecule has 1 aromatic heterocycles. The number of aromatic nitrogens is 1. The fourth-order valence-corrected chi connectivity index (χ4v) is 3.09. The fourth-order valence-electron chi connectivity index (χ4n) is 3.09. The molecule has 0 unspecified atom stereocenters. The van der Waals surface area contributed by atoms with Crippen LogP contribution < -0.4 is 9.47 Å². The Balaban J connectivity index is 1.52. The van der Waals surface area contributed by atoms with Crippen molar-refractivity contribution in [2.45, 2.75) is 19.5 Å². The maximum Gasteiger partial charge on any atom is 0.231 e. The average molecular weight is 360 g/mol. The van der Waals surface area contributed by atoms with Gasteiger partial charge in [0, 0.05) is 25.5 Å². The van der Waals surface area contributed by atoms with Crippen molar-refractivity contribution in [3.8, 4) is 11.5 Å². The maximum absolute atomic E-state index is 13.1. The molecular formula is C22H20N2O3. The number of pyridine rings is 1. The Morgan fingerprint density at radius 3 is 2.48 bits per heavy atom. The van der Waals surface area contributed by atoms with Gasteiger partial charge < -0.3 is 14.4 Å². The Hall–Kier alpha value is -3.34. The first-order valence-electron chi connectivity index (χ1n) is 8.87. The van der Waals surface area contributed by atoms with E-state index < -0.39 is 0 Å². The number of benzene rings is 2. The number of carbonyl (C=O) groups is 1. The van der Waals surface area contributed by atoms with Gasteiger partial charge in [-0.3, -0.25) is 9.78 Å². The van der Waals surface area contributed by atoms with Crippen molar-refractivity contribution in [1.82, 2.24) is 9.88 Å². The number of amides is 1. The highest BCUT2D eigenvalue weighted by molar-refractivity contribution is 5.79. The number of carbonyl (C=O) groups excluding carboxylic acids is 1. The van der Waals surface area contributed by atoms with Gasteiger partial charge in [0.05, 0.1) is 6.42 Å². The molecule has 2 heterocycles. The SMILES string of the molecule is O=C(Cc1ccc2c(c1)OCO2)N(Cc1ccccc1)Cc1cccnc1. The molecule has 5 heteroatoms. The van der Waals surface area contributed by atoms with Crippen LogP contribution in [0, 0.1) is 0 Å². The van der Waals surface area contributed by atoms with Gasteiger partial charge in [-0.1, -0.05) is 42.5 Å². The van der Waals surface area contributed by atoms with E-state index in [0.717, 1.165) is 22.4 Å². The van der Waals surface area contributed by atoms with Gasteiger partial charge in [-0.2, -0.15) is 0 Å². The van der Waals surface area contributed by atoms with Gasteiger partial charge in [0.15, 0.2) is 11.5 Å². The van der Waals surface area contributed by atoms with E-state index in [1.54, 1.807) is 12.4 Å². The van der Waals surface area contributed by atoms with Crippen molar-refractivity contribution in [2.75, 3.05) is 6.79 Å². The zero-order chi connectivity index (χ0) is 18.5. The molecule has 0 aliphatic carbocycles. The van der Waals surface area contributed by atoms with Crippen molar-refractivity contribution >= 4 is 5.91 Å². The normalized spacial score (nSPS) is 12.0. The van der Waals surface area contributed by atoms with Crippen molar-refractivity contribution in [3.63, 3.8) is 0 Å². The number of nitrogens with zero attached hydrogens (tertiary/aromatic N) is 2. The van der Waals surface area contributed by atoms with Gasteiger partial charge in [0.1, 0.15) is 0 Å². The Labute approximate surface area is 158 Å². The van der Waals surface area contributed by atoms with Crippen LogP contribution in [0.3, 0.4) is 0 Å². The second-order valence-electron chi connectivity index (χ2n) is 6.46. The number of rotatable bonds is 6. The maximum atomic E-state index is 13.1. The lowest BCUT2D eigenvalue weighted by atomic mass is 10.1. The highest BCUT2D eigenvalue weighted by Gasteiger charge is 2.18. The first kappa shape index (κ1) is 17.1. The second kappa shape index (κ2) is 7.91. The molecule has 0 atom stereocenters. The molecule has 0 fully saturated rings. The van der Waals surface area contributed by atoms with E-state index in [0.29, 0.717) is 25.3 Å². The molecule has 0 spiro atoms. The summed E-state index contributed by atoms with van der Waals surface area (Å²) in [7, 11) is 0. The van der Waals surface area contributed by atoms with Gasteiger partial charge in [0.2, 0.25) is 12.7 Å². The van der Waals surface area contributed by atoms with Crippen LogP contribution in [0.1, 0.15) is 16.7 Å². The lowest BCUT2D eigenvalue weighted by Gasteiger charge is -2.23. The lowest BCUT2D eigenvalue weighted by Crippen LogP contribution is -2.31. The van der Waals surface area contributed by atoms with Crippen LogP contribution >= 0.6 is 0 Å². The Bertz CT molecular complexity index is 872. The first-order valence-corrected chi connectivity index (χ1v) is 8.87. The van der Waals surface area contributed by atoms with Gasteiger partial charge >= 0.3 is 0 Å². The Morgan fingerprint density at radius 1 is 0.889 bits per heavy atom. The molecule has 1 amide bonds. The van der Waals surface area contributed by atoms with E-state index in [4.69, 9.17) is 9.47 Å². The quantitative estimate of drug-likeness (QED) is 0.674. The molecule has 5 nitrogen and oxygen atoms in total. The average Bonchev–Trinajstić information content (AvgIpc) is 3.17. The molecule has 136 valence electrons. The summed E-state index contributed by atoms with van der Waals surface area (Å²) >= 11 is 0. The molecule has 1 aliphatic rings. The van der Waals surface area contributed by atoms with Gasteiger partial charge in [-0.25, -0.2) is 0 Å².